The second-order valence-electron chi connectivity index (χ2n) is 7.23. The van der Waals surface area contributed by atoms with Gasteiger partial charge in [0.2, 0.25) is 0 Å². The van der Waals surface area contributed by atoms with Crippen molar-refractivity contribution < 1.29 is 22.9 Å². The summed E-state index contributed by atoms with van der Waals surface area (Å²) in [6.45, 7) is 3.55. The van der Waals surface area contributed by atoms with Crippen molar-refractivity contribution in [3.05, 3.63) is 35.4 Å². The molecule has 1 aromatic carbocycles. The van der Waals surface area contributed by atoms with Crippen LogP contribution in [0.25, 0.3) is 0 Å². The minimum atomic E-state index is -3.02. The molecule has 0 bridgehead atoms. The lowest BCUT2D eigenvalue weighted by molar-refractivity contribution is -0.885. The number of rotatable bonds is 8. The fourth-order valence-electron chi connectivity index (χ4n) is 3.46. The number of amides is 2. The molecule has 1 aliphatic heterocycles. The molecule has 0 aliphatic carbocycles. The van der Waals surface area contributed by atoms with E-state index < -0.39 is 9.84 Å². The zero-order valence-electron chi connectivity index (χ0n) is 16.3. The van der Waals surface area contributed by atoms with E-state index in [-0.39, 0.29) is 29.4 Å². The fraction of sp³-hybridized carbons (Fsp3) is 0.579. The summed E-state index contributed by atoms with van der Waals surface area (Å²) in [5.74, 6) is 0.127. The minimum Gasteiger partial charge on any atom is -0.355 e. The highest BCUT2D eigenvalue weighted by molar-refractivity contribution is 7.91. The van der Waals surface area contributed by atoms with E-state index >= 15 is 0 Å². The van der Waals surface area contributed by atoms with Gasteiger partial charge < -0.3 is 15.1 Å². The monoisotopic (exact) mass is 396 g/mol. The third-order valence-electron chi connectivity index (χ3n) is 4.84. The normalized spacial score (nSPS) is 19.4. The van der Waals surface area contributed by atoms with E-state index in [1.165, 1.54) is 0 Å². The number of nitrogens with zero attached hydrogens (tertiary/aromatic N) is 1. The lowest BCUT2D eigenvalue weighted by atomic mass is 10.1. The number of likely N-dealkylation sites (N-methyl/N-ethyl adjacent to an activating group) is 1. The largest absolute Gasteiger partial charge is 0.355 e. The van der Waals surface area contributed by atoms with E-state index in [1.54, 1.807) is 24.1 Å². The topological polar surface area (TPSA) is 88.0 Å². The summed E-state index contributed by atoms with van der Waals surface area (Å²) in [7, 11) is 0.523. The highest BCUT2D eigenvalue weighted by Gasteiger charge is 2.34. The molecule has 150 valence electrons. The van der Waals surface area contributed by atoms with Crippen molar-refractivity contribution in [1.82, 2.24) is 10.2 Å². The number of hydrogen-bond acceptors (Lipinski definition) is 4. The Bertz CT molecular complexity index is 762. The smallest absolute Gasteiger partial charge is 0.278 e. The number of sulfone groups is 1. The summed E-state index contributed by atoms with van der Waals surface area (Å²) in [5, 5.41) is 2.59. The predicted molar refractivity (Wildman–Crippen MR) is 104 cm³/mol. The highest BCUT2D eigenvalue weighted by atomic mass is 32.2. The molecule has 1 fully saturated rings. The number of carbonyl (C=O) groups is 2. The van der Waals surface area contributed by atoms with Gasteiger partial charge in [-0.25, -0.2) is 8.42 Å². The molecule has 7 nitrogen and oxygen atoms in total. The van der Waals surface area contributed by atoms with Crippen LogP contribution in [0.1, 0.15) is 35.7 Å². The molecular formula is C19H30N3O4S+. The minimum absolute atomic E-state index is 0.00145. The molecule has 0 aromatic heterocycles. The summed E-state index contributed by atoms with van der Waals surface area (Å²) in [6.07, 6.45) is 1.34. The molecule has 1 unspecified atom stereocenters. The van der Waals surface area contributed by atoms with Gasteiger partial charge in [-0.3, -0.25) is 9.59 Å². The average molecular weight is 397 g/mol. The summed E-state index contributed by atoms with van der Waals surface area (Å²) < 4.78 is 23.5. The molecule has 2 N–H and O–H groups in total. The Kier molecular flexibility index (Phi) is 7.38. The van der Waals surface area contributed by atoms with Crippen molar-refractivity contribution in [1.29, 1.82) is 0 Å². The van der Waals surface area contributed by atoms with Crippen molar-refractivity contribution in [3.63, 3.8) is 0 Å². The van der Waals surface area contributed by atoms with E-state index in [0.717, 1.165) is 16.9 Å². The molecule has 1 aromatic rings. The van der Waals surface area contributed by atoms with Gasteiger partial charge >= 0.3 is 0 Å². The van der Waals surface area contributed by atoms with E-state index in [1.807, 2.05) is 26.1 Å². The number of nitrogens with one attached hydrogen (secondary N) is 2. The van der Waals surface area contributed by atoms with Crippen molar-refractivity contribution in [3.8, 4) is 0 Å². The first-order valence-corrected chi connectivity index (χ1v) is 11.2. The molecule has 0 radical (unpaired) electrons. The van der Waals surface area contributed by atoms with Crippen molar-refractivity contribution >= 4 is 21.7 Å². The molecule has 0 spiro atoms. The van der Waals surface area contributed by atoms with Crippen LogP contribution in [0.15, 0.2) is 24.3 Å². The van der Waals surface area contributed by atoms with E-state index in [4.69, 9.17) is 0 Å². The second-order valence-corrected chi connectivity index (χ2v) is 9.46. The van der Waals surface area contributed by atoms with E-state index in [0.29, 0.717) is 31.6 Å². The lowest BCUT2D eigenvalue weighted by Crippen LogP contribution is -3.09. The van der Waals surface area contributed by atoms with Gasteiger partial charge in [0, 0.05) is 30.8 Å². The molecule has 2 amide bonds. The summed E-state index contributed by atoms with van der Waals surface area (Å²) >= 11 is 0. The van der Waals surface area contributed by atoms with Crippen LogP contribution in [0.2, 0.25) is 0 Å². The maximum absolute atomic E-state index is 12.8. The Morgan fingerprint density at radius 1 is 1.26 bits per heavy atom. The van der Waals surface area contributed by atoms with Gasteiger partial charge in [0.05, 0.1) is 18.6 Å². The van der Waals surface area contributed by atoms with Crippen LogP contribution in [0.3, 0.4) is 0 Å². The van der Waals surface area contributed by atoms with Crippen LogP contribution < -0.4 is 10.2 Å². The summed E-state index contributed by atoms with van der Waals surface area (Å²) in [4.78, 5) is 27.1. The third kappa shape index (κ3) is 6.04. The van der Waals surface area contributed by atoms with Gasteiger partial charge in [0.15, 0.2) is 16.4 Å². The Balaban J connectivity index is 1.95. The van der Waals surface area contributed by atoms with Crippen LogP contribution in [-0.4, -0.2) is 69.9 Å². The van der Waals surface area contributed by atoms with E-state index in [9.17, 15) is 18.0 Å². The summed E-state index contributed by atoms with van der Waals surface area (Å²) in [5.41, 5.74) is 1.64. The van der Waals surface area contributed by atoms with Gasteiger partial charge in [-0.1, -0.05) is 19.1 Å². The zero-order chi connectivity index (χ0) is 20.0. The van der Waals surface area contributed by atoms with Crippen LogP contribution in [-0.2, 0) is 21.2 Å². The average Bonchev–Trinajstić information content (AvgIpc) is 2.98. The Morgan fingerprint density at radius 3 is 2.44 bits per heavy atom. The van der Waals surface area contributed by atoms with Crippen molar-refractivity contribution in [2.75, 3.05) is 38.7 Å². The summed E-state index contributed by atoms with van der Waals surface area (Å²) in [6, 6.07) is 7.14. The molecular weight excluding hydrogens is 366 g/mol. The number of benzene rings is 1. The second kappa shape index (κ2) is 9.32. The van der Waals surface area contributed by atoms with Crippen LogP contribution in [0, 0.1) is 0 Å². The number of quaternary nitrogens is 1. The zero-order valence-corrected chi connectivity index (χ0v) is 17.1. The Morgan fingerprint density at radius 2 is 1.93 bits per heavy atom. The third-order valence-corrected chi connectivity index (χ3v) is 6.59. The Labute approximate surface area is 161 Å². The van der Waals surface area contributed by atoms with Gasteiger partial charge in [-0.2, -0.15) is 0 Å². The van der Waals surface area contributed by atoms with Gasteiger partial charge in [0.25, 0.3) is 11.8 Å². The number of hydrogen-bond donors (Lipinski definition) is 2. The molecule has 1 aliphatic rings. The Hall–Kier alpha value is -1.93. The van der Waals surface area contributed by atoms with Gasteiger partial charge in [-0.15, -0.1) is 0 Å². The quantitative estimate of drug-likeness (QED) is 0.619. The predicted octanol–water partition coefficient (Wildman–Crippen LogP) is -0.513. The van der Waals surface area contributed by atoms with Gasteiger partial charge in [-0.05, 0) is 25.0 Å². The fourth-order valence-corrected chi connectivity index (χ4v) is 5.19. The van der Waals surface area contributed by atoms with Crippen molar-refractivity contribution in [2.45, 2.75) is 32.4 Å². The number of carbonyl (C=O) groups excluding carboxylic acids is 2. The standard InChI is InChI=1S/C19H29N3O4S/c1-4-10-22(17-9-11-27(25,26)14-17)18(23)13-21(3)12-15-5-7-16(8-6-15)19(24)20-2/h5-8,17H,4,9-14H2,1-3H3,(H,20,24)/p+1/t17-/m1/s1. The molecule has 1 saturated heterocycles. The first kappa shape index (κ1) is 21.4. The molecule has 0 saturated carbocycles. The maximum atomic E-state index is 12.8. The maximum Gasteiger partial charge on any atom is 0.278 e. The first-order valence-electron chi connectivity index (χ1n) is 9.38. The van der Waals surface area contributed by atoms with Crippen LogP contribution in [0.4, 0.5) is 0 Å². The van der Waals surface area contributed by atoms with Crippen LogP contribution >= 0.6 is 0 Å². The first-order chi connectivity index (χ1) is 12.8. The van der Waals surface area contributed by atoms with Crippen molar-refractivity contribution in [2.24, 2.45) is 0 Å². The SMILES string of the molecule is CCCN(C(=O)C[NH+](C)Cc1ccc(C(=O)NC)cc1)[C@@H]1CCS(=O)(=O)C1. The molecule has 1 heterocycles. The lowest BCUT2D eigenvalue weighted by Gasteiger charge is -2.28. The van der Waals surface area contributed by atoms with Crippen LogP contribution in [0.5, 0.6) is 0 Å². The molecule has 27 heavy (non-hydrogen) atoms. The molecule has 2 rings (SSSR count). The molecule has 2 atom stereocenters. The van der Waals surface area contributed by atoms with Gasteiger partial charge in [0.1, 0.15) is 6.54 Å². The molecule has 8 heteroatoms. The highest BCUT2D eigenvalue weighted by Crippen LogP contribution is 2.18. The van der Waals surface area contributed by atoms with E-state index in [2.05, 4.69) is 5.32 Å².